The summed E-state index contributed by atoms with van der Waals surface area (Å²) in [6.45, 7) is 9.90. The van der Waals surface area contributed by atoms with Crippen LogP contribution in [0.15, 0.2) is 60.7 Å². The highest BCUT2D eigenvalue weighted by atomic mass is 16.5. The van der Waals surface area contributed by atoms with Gasteiger partial charge in [-0.05, 0) is 43.3 Å². The number of Topliss-reactive ketones (excluding diaryl/α,β-unsaturated/α-hetero) is 1. The summed E-state index contributed by atoms with van der Waals surface area (Å²) in [6.07, 6.45) is 9.42. The maximum Gasteiger partial charge on any atom is 0.166 e. The molecule has 0 atom stereocenters. The van der Waals surface area contributed by atoms with Crippen molar-refractivity contribution in [2.24, 2.45) is 0 Å². The van der Waals surface area contributed by atoms with Gasteiger partial charge in [0.1, 0.15) is 11.5 Å². The van der Waals surface area contributed by atoms with Gasteiger partial charge >= 0.3 is 0 Å². The number of carbonyl (C=O) groups excluding carboxylic acids is 1. The lowest BCUT2D eigenvalue weighted by molar-refractivity contribution is 0.0995. The first-order valence-corrected chi connectivity index (χ1v) is 8.72. The summed E-state index contributed by atoms with van der Waals surface area (Å²) in [7, 11) is 0. The second-order valence-electron chi connectivity index (χ2n) is 4.49. The van der Waals surface area contributed by atoms with Gasteiger partial charge in [-0.25, -0.2) is 0 Å². The van der Waals surface area contributed by atoms with Gasteiger partial charge in [0.05, 0.1) is 0 Å². The monoisotopic (exact) mass is 336 g/mol. The molecule has 0 aliphatic carbocycles. The molecule has 0 aromatic heterocycles. The van der Waals surface area contributed by atoms with Crippen molar-refractivity contribution in [3.63, 3.8) is 0 Å². The summed E-state index contributed by atoms with van der Waals surface area (Å²) < 4.78 is 5.73. The Bertz CT molecular complexity index is 689. The zero-order valence-corrected chi connectivity index (χ0v) is 15.9. The van der Waals surface area contributed by atoms with Gasteiger partial charge in [0.25, 0.3) is 0 Å². The van der Waals surface area contributed by atoms with Crippen LogP contribution in [0.25, 0.3) is 0 Å². The Balaban J connectivity index is 0.00000134. The summed E-state index contributed by atoms with van der Waals surface area (Å²) in [6, 6.07) is 14.4. The number of ether oxygens (including phenoxy) is 1. The molecule has 2 nitrogen and oxygen atoms in total. The number of ketones is 1. The van der Waals surface area contributed by atoms with Gasteiger partial charge in [0.2, 0.25) is 0 Å². The second kappa shape index (κ2) is 13.6. The van der Waals surface area contributed by atoms with Gasteiger partial charge in [0.15, 0.2) is 5.78 Å². The van der Waals surface area contributed by atoms with Crippen LogP contribution in [-0.2, 0) is 0 Å². The fourth-order valence-corrected chi connectivity index (χ4v) is 1.83. The van der Waals surface area contributed by atoms with Crippen LogP contribution in [0.4, 0.5) is 0 Å². The minimum atomic E-state index is 0.0706. The Morgan fingerprint density at radius 3 is 2.24 bits per heavy atom. The zero-order valence-electron chi connectivity index (χ0n) is 15.9. The van der Waals surface area contributed by atoms with Crippen LogP contribution >= 0.6 is 0 Å². The molecule has 0 N–H and O–H groups in total. The standard InChI is InChI=1S/C19H16O2.2C2H6/c1-3-5-9-19(20)16-7-6-8-18(14-16)21-17-12-10-15(4-2)11-13-17;2*1-2/h2-3,5-8,10-14H,9H2,1H3;2*1-2H3/b5-3+;;. The number of benzene rings is 2. The fraction of sp³-hybridized carbons (Fsp3) is 0.261. The van der Waals surface area contributed by atoms with Gasteiger partial charge in [-0.3, -0.25) is 4.79 Å². The van der Waals surface area contributed by atoms with Crippen molar-refractivity contribution in [2.45, 2.75) is 41.0 Å². The van der Waals surface area contributed by atoms with Crippen LogP contribution < -0.4 is 4.74 Å². The zero-order chi connectivity index (χ0) is 19.1. The van der Waals surface area contributed by atoms with Crippen LogP contribution in [0, 0.1) is 12.3 Å². The first-order chi connectivity index (χ1) is 12.2. The molecular formula is C23H28O2. The number of allylic oxidation sites excluding steroid dienone is 2. The molecule has 0 saturated heterocycles. The molecule has 0 heterocycles. The highest BCUT2D eigenvalue weighted by Crippen LogP contribution is 2.23. The predicted molar refractivity (Wildman–Crippen MR) is 107 cm³/mol. The van der Waals surface area contributed by atoms with E-state index < -0.39 is 0 Å². The minimum Gasteiger partial charge on any atom is -0.457 e. The molecule has 0 radical (unpaired) electrons. The third kappa shape index (κ3) is 8.04. The quantitative estimate of drug-likeness (QED) is 0.346. The highest BCUT2D eigenvalue weighted by molar-refractivity contribution is 5.97. The van der Waals surface area contributed by atoms with E-state index in [2.05, 4.69) is 5.92 Å². The summed E-state index contributed by atoms with van der Waals surface area (Å²) >= 11 is 0. The van der Waals surface area contributed by atoms with Crippen molar-refractivity contribution < 1.29 is 9.53 Å². The van der Waals surface area contributed by atoms with E-state index in [9.17, 15) is 4.79 Å². The highest BCUT2D eigenvalue weighted by Gasteiger charge is 2.05. The summed E-state index contributed by atoms with van der Waals surface area (Å²) in [5, 5.41) is 0. The normalized spacial score (nSPS) is 9.12. The van der Waals surface area contributed by atoms with Gasteiger partial charge in [-0.15, -0.1) is 6.42 Å². The average molecular weight is 336 g/mol. The second-order valence-corrected chi connectivity index (χ2v) is 4.49. The Labute approximate surface area is 152 Å². The van der Waals surface area contributed by atoms with E-state index in [1.165, 1.54) is 0 Å². The van der Waals surface area contributed by atoms with Gasteiger partial charge in [-0.1, -0.05) is 57.9 Å². The fourth-order valence-electron chi connectivity index (χ4n) is 1.83. The molecule has 2 rings (SSSR count). The Kier molecular flexibility index (Phi) is 12.1. The largest absolute Gasteiger partial charge is 0.457 e. The van der Waals surface area contributed by atoms with Gasteiger partial charge in [0, 0.05) is 17.5 Å². The number of carbonyl (C=O) groups is 1. The third-order valence-corrected chi connectivity index (χ3v) is 2.95. The van der Waals surface area contributed by atoms with E-state index >= 15 is 0 Å². The van der Waals surface area contributed by atoms with E-state index in [0.29, 0.717) is 23.5 Å². The number of rotatable bonds is 5. The SMILES string of the molecule is C#Cc1ccc(Oc2cccc(C(=O)C/C=C/C)c2)cc1.CC.CC. The lowest BCUT2D eigenvalue weighted by atomic mass is 10.1. The number of hydrogen-bond acceptors (Lipinski definition) is 2. The Morgan fingerprint density at radius 1 is 1.04 bits per heavy atom. The number of hydrogen-bond donors (Lipinski definition) is 0. The first kappa shape index (κ1) is 22.2. The minimum absolute atomic E-state index is 0.0706. The van der Waals surface area contributed by atoms with E-state index in [1.54, 1.807) is 12.1 Å². The summed E-state index contributed by atoms with van der Waals surface area (Å²) in [5.74, 6) is 3.95. The van der Waals surface area contributed by atoms with Crippen LogP contribution in [0.2, 0.25) is 0 Å². The molecule has 2 aromatic rings. The molecule has 0 fully saturated rings. The molecule has 2 heteroatoms. The molecule has 0 spiro atoms. The smallest absolute Gasteiger partial charge is 0.166 e. The lowest BCUT2D eigenvalue weighted by Gasteiger charge is -2.07. The van der Waals surface area contributed by atoms with Gasteiger partial charge < -0.3 is 4.74 Å². The molecule has 25 heavy (non-hydrogen) atoms. The molecule has 0 amide bonds. The molecule has 2 aromatic carbocycles. The van der Waals surface area contributed by atoms with E-state index in [4.69, 9.17) is 11.2 Å². The predicted octanol–water partition coefficient (Wildman–Crippen LogP) is 6.66. The van der Waals surface area contributed by atoms with Crippen molar-refractivity contribution in [3.05, 3.63) is 71.8 Å². The topological polar surface area (TPSA) is 26.3 Å². The molecule has 0 unspecified atom stereocenters. The lowest BCUT2D eigenvalue weighted by Crippen LogP contribution is -1.97. The van der Waals surface area contributed by atoms with E-state index in [1.807, 2.05) is 83.2 Å². The molecule has 0 aliphatic heterocycles. The van der Waals surface area contributed by atoms with Crippen LogP contribution in [0.5, 0.6) is 11.5 Å². The van der Waals surface area contributed by atoms with Crippen molar-refractivity contribution in [1.29, 1.82) is 0 Å². The first-order valence-electron chi connectivity index (χ1n) is 8.72. The Morgan fingerprint density at radius 2 is 1.68 bits per heavy atom. The van der Waals surface area contributed by atoms with Crippen LogP contribution in [0.3, 0.4) is 0 Å². The molecule has 0 bridgehead atoms. The van der Waals surface area contributed by atoms with Crippen molar-refractivity contribution in [2.75, 3.05) is 0 Å². The van der Waals surface area contributed by atoms with Gasteiger partial charge in [-0.2, -0.15) is 0 Å². The third-order valence-electron chi connectivity index (χ3n) is 2.95. The molecular weight excluding hydrogens is 308 g/mol. The maximum atomic E-state index is 12.0. The van der Waals surface area contributed by atoms with Crippen LogP contribution in [-0.4, -0.2) is 5.78 Å². The summed E-state index contributed by atoms with van der Waals surface area (Å²) in [4.78, 5) is 12.0. The molecule has 0 saturated carbocycles. The van der Waals surface area contributed by atoms with Crippen molar-refractivity contribution >= 4 is 5.78 Å². The van der Waals surface area contributed by atoms with Crippen molar-refractivity contribution in [3.8, 4) is 23.8 Å². The van der Waals surface area contributed by atoms with E-state index in [0.717, 1.165) is 5.56 Å². The van der Waals surface area contributed by atoms with Crippen LogP contribution in [0.1, 0.15) is 57.0 Å². The average Bonchev–Trinajstić information content (AvgIpc) is 2.70. The number of terminal acetylenes is 1. The summed E-state index contributed by atoms with van der Waals surface area (Å²) in [5.41, 5.74) is 1.45. The van der Waals surface area contributed by atoms with E-state index in [-0.39, 0.29) is 5.78 Å². The Hall–Kier alpha value is -2.79. The molecule has 0 aliphatic rings. The molecule has 132 valence electrons. The van der Waals surface area contributed by atoms with Crippen molar-refractivity contribution in [1.82, 2.24) is 0 Å². The maximum absolute atomic E-state index is 12.0.